The Morgan fingerprint density at radius 2 is 1.38 bits per heavy atom. The van der Waals surface area contributed by atoms with Crippen molar-refractivity contribution in [2.45, 2.75) is 6.42 Å². The van der Waals surface area contributed by atoms with Crippen LogP contribution in [-0.4, -0.2) is 20.7 Å². The minimum absolute atomic E-state index is 0.852. The number of nitrogens with zero attached hydrogens (tertiary/aromatic N) is 1. The first-order valence-electron chi connectivity index (χ1n) is 8.03. The van der Waals surface area contributed by atoms with Gasteiger partial charge in [-0.05, 0) is 66.8 Å². The van der Waals surface area contributed by atoms with Gasteiger partial charge in [-0.25, -0.2) is 4.99 Å². The largest absolute Gasteiger partial charge is 0.359 e. The third-order valence-electron chi connectivity index (χ3n) is 4.25. The van der Waals surface area contributed by atoms with Gasteiger partial charge in [0.2, 0.25) is 0 Å². The molecule has 0 radical (unpaired) electrons. The highest BCUT2D eigenvalue weighted by atomic mass is 14.8. The molecule has 0 amide bonds. The van der Waals surface area contributed by atoms with Gasteiger partial charge < -0.3 is 15.0 Å². The summed E-state index contributed by atoms with van der Waals surface area (Å²) < 4.78 is 0. The van der Waals surface area contributed by atoms with Crippen molar-refractivity contribution in [1.29, 1.82) is 0 Å². The Bertz CT molecular complexity index is 1130. The Morgan fingerprint density at radius 3 is 2.17 bits per heavy atom. The molecule has 0 saturated heterocycles. The Kier molecular flexibility index (Phi) is 2.82. The molecule has 5 heterocycles. The summed E-state index contributed by atoms with van der Waals surface area (Å²) in [5.74, 6) is 0. The zero-order valence-corrected chi connectivity index (χ0v) is 13.0. The molecule has 2 aliphatic heterocycles. The van der Waals surface area contributed by atoms with E-state index in [-0.39, 0.29) is 0 Å². The lowest BCUT2D eigenvalue weighted by molar-refractivity contribution is 1.04. The molecule has 4 heteroatoms. The van der Waals surface area contributed by atoms with Gasteiger partial charge in [-0.3, -0.25) is 0 Å². The van der Waals surface area contributed by atoms with E-state index in [2.05, 4.69) is 74.6 Å². The summed E-state index contributed by atoms with van der Waals surface area (Å²) in [6.45, 7) is 0. The molecule has 0 fully saturated rings. The first-order chi connectivity index (χ1) is 11.8. The van der Waals surface area contributed by atoms with Crippen LogP contribution >= 0.6 is 0 Å². The van der Waals surface area contributed by atoms with Crippen molar-refractivity contribution in [3.05, 3.63) is 87.7 Å². The molecule has 0 atom stereocenters. The van der Waals surface area contributed by atoms with Crippen LogP contribution in [0.5, 0.6) is 0 Å². The van der Waals surface area contributed by atoms with Gasteiger partial charge in [-0.2, -0.15) is 0 Å². The van der Waals surface area contributed by atoms with Gasteiger partial charge in [0.1, 0.15) is 0 Å². The van der Waals surface area contributed by atoms with Crippen LogP contribution in [0, 0.1) is 0 Å². The molecular weight excluding hydrogens is 296 g/mol. The van der Waals surface area contributed by atoms with E-state index in [0.29, 0.717) is 0 Å². The summed E-state index contributed by atoms with van der Waals surface area (Å²) in [6, 6.07) is 12.6. The maximum Gasteiger partial charge on any atom is 0.0658 e. The second kappa shape index (κ2) is 5.13. The second-order valence-corrected chi connectivity index (χ2v) is 6.15. The highest BCUT2D eigenvalue weighted by Crippen LogP contribution is 2.16. The molecule has 0 aliphatic carbocycles. The average Bonchev–Trinajstić information content (AvgIpc) is 3.32. The zero-order valence-electron chi connectivity index (χ0n) is 13.0. The van der Waals surface area contributed by atoms with Crippen molar-refractivity contribution in [2.75, 3.05) is 0 Å². The van der Waals surface area contributed by atoms with Crippen LogP contribution in [-0.2, 0) is 6.42 Å². The number of H-pyrrole nitrogens is 3. The third kappa shape index (κ3) is 2.48. The first kappa shape index (κ1) is 13.2. The lowest BCUT2D eigenvalue weighted by Gasteiger charge is -1.96. The van der Waals surface area contributed by atoms with Crippen LogP contribution in [0.3, 0.4) is 0 Å². The van der Waals surface area contributed by atoms with Crippen LogP contribution in [0.4, 0.5) is 0 Å². The van der Waals surface area contributed by atoms with Crippen LogP contribution < -0.4 is 10.7 Å². The summed E-state index contributed by atoms with van der Waals surface area (Å²) in [5.41, 5.74) is 6.45. The Morgan fingerprint density at radius 1 is 0.667 bits per heavy atom. The predicted octanol–water partition coefficient (Wildman–Crippen LogP) is 2.24. The summed E-state index contributed by atoms with van der Waals surface area (Å²) in [4.78, 5) is 15.0. The van der Waals surface area contributed by atoms with E-state index in [4.69, 9.17) is 0 Å². The van der Waals surface area contributed by atoms with Crippen molar-refractivity contribution in [2.24, 2.45) is 4.99 Å². The molecule has 4 nitrogen and oxygen atoms in total. The van der Waals surface area contributed by atoms with Crippen molar-refractivity contribution in [3.8, 4) is 0 Å². The molecule has 0 aromatic carbocycles. The lowest BCUT2D eigenvalue weighted by atomic mass is 10.2. The molecule has 2 aliphatic rings. The zero-order chi connectivity index (χ0) is 15.9. The first-order valence-corrected chi connectivity index (χ1v) is 8.03. The number of nitrogens with one attached hydrogen (secondary N) is 3. The van der Waals surface area contributed by atoms with E-state index in [1.807, 2.05) is 12.2 Å². The van der Waals surface area contributed by atoms with E-state index in [9.17, 15) is 0 Å². The fourth-order valence-electron chi connectivity index (χ4n) is 3.14. The number of hydrogen-bond donors (Lipinski definition) is 3. The number of fused-ring (bicyclic) bond motifs is 7. The number of aromatic amines is 3. The van der Waals surface area contributed by atoms with E-state index >= 15 is 0 Å². The molecule has 3 aromatic heterocycles. The molecule has 24 heavy (non-hydrogen) atoms. The molecular formula is C20H16N4. The second-order valence-electron chi connectivity index (χ2n) is 6.15. The van der Waals surface area contributed by atoms with Crippen LogP contribution in [0.15, 0.2) is 59.2 Å². The van der Waals surface area contributed by atoms with Gasteiger partial charge in [0.25, 0.3) is 0 Å². The van der Waals surface area contributed by atoms with E-state index in [1.54, 1.807) is 0 Å². The summed E-state index contributed by atoms with van der Waals surface area (Å²) in [6.07, 6.45) is 11.2. The Hall–Kier alpha value is -3.27. The minimum atomic E-state index is 0.852. The third-order valence-corrected chi connectivity index (χ3v) is 4.25. The SMILES string of the molecule is C1=CC2=NC1=Cc1ccc([nH]1)Cc1ccc([nH]1)C=c1cc/c([nH]1)=C/2. The predicted molar refractivity (Wildman–Crippen MR) is 97.0 cm³/mol. The van der Waals surface area contributed by atoms with Gasteiger partial charge in [-0.1, -0.05) is 0 Å². The maximum atomic E-state index is 4.65. The molecule has 116 valence electrons. The topological polar surface area (TPSA) is 59.7 Å². The van der Waals surface area contributed by atoms with Crippen LogP contribution in [0.2, 0.25) is 0 Å². The number of rotatable bonds is 0. The van der Waals surface area contributed by atoms with Crippen LogP contribution in [0.1, 0.15) is 22.8 Å². The van der Waals surface area contributed by atoms with Crippen molar-refractivity contribution < 1.29 is 0 Å². The Labute approximate surface area is 138 Å². The molecule has 0 unspecified atom stereocenters. The fraction of sp³-hybridized carbons (Fsp3) is 0.0500. The van der Waals surface area contributed by atoms with E-state index in [1.165, 1.54) is 11.4 Å². The van der Waals surface area contributed by atoms with Crippen molar-refractivity contribution in [3.63, 3.8) is 0 Å². The number of aromatic nitrogens is 3. The smallest absolute Gasteiger partial charge is 0.0658 e. The number of aliphatic imine (C=N–C) groups is 1. The Balaban J connectivity index is 1.70. The standard InChI is InChI=1S/C20H16N4/c1-2-14-10-16-5-6-18(23-16)12-20-8-7-19(24-20)11-17-4-3-15(22-17)9-13(1)21-14/h1-11,21,23-24H,12H2/b13-9-,14-10?,17-11?. The maximum absolute atomic E-state index is 4.65. The highest BCUT2D eigenvalue weighted by Gasteiger charge is 2.05. The van der Waals surface area contributed by atoms with Gasteiger partial charge in [-0.15, -0.1) is 0 Å². The van der Waals surface area contributed by atoms with Crippen molar-refractivity contribution >= 4 is 23.9 Å². The molecule has 0 saturated carbocycles. The quantitative estimate of drug-likeness (QED) is 0.570. The minimum Gasteiger partial charge on any atom is -0.359 e. The van der Waals surface area contributed by atoms with E-state index < -0.39 is 0 Å². The van der Waals surface area contributed by atoms with Crippen molar-refractivity contribution in [1.82, 2.24) is 15.0 Å². The van der Waals surface area contributed by atoms with Crippen LogP contribution in [0.25, 0.3) is 18.2 Å². The van der Waals surface area contributed by atoms with Gasteiger partial charge in [0.05, 0.1) is 11.4 Å². The molecule has 3 aromatic rings. The summed E-state index contributed by atoms with van der Waals surface area (Å²) in [5, 5.41) is 2.12. The van der Waals surface area contributed by atoms with Gasteiger partial charge in [0, 0.05) is 39.9 Å². The molecule has 5 rings (SSSR count). The van der Waals surface area contributed by atoms with Gasteiger partial charge >= 0.3 is 0 Å². The van der Waals surface area contributed by atoms with Gasteiger partial charge in [0.15, 0.2) is 0 Å². The normalized spacial score (nSPS) is 16.9. The number of hydrogen-bond acceptors (Lipinski definition) is 1. The molecule has 0 spiro atoms. The fourth-order valence-corrected chi connectivity index (χ4v) is 3.14. The lowest BCUT2D eigenvalue weighted by Crippen LogP contribution is -2.10. The number of allylic oxidation sites excluding steroid dienone is 2. The average molecular weight is 312 g/mol. The summed E-state index contributed by atoms with van der Waals surface area (Å²) in [7, 11) is 0. The monoisotopic (exact) mass is 312 g/mol. The van der Waals surface area contributed by atoms with E-state index in [0.717, 1.165) is 39.9 Å². The molecule has 8 bridgehead atoms. The highest BCUT2D eigenvalue weighted by molar-refractivity contribution is 6.19. The molecule has 3 N–H and O–H groups in total. The summed E-state index contributed by atoms with van der Waals surface area (Å²) >= 11 is 0.